The lowest BCUT2D eigenvalue weighted by atomic mass is 9.89. The van der Waals surface area contributed by atoms with Gasteiger partial charge in [0.05, 0.1) is 10.7 Å². The van der Waals surface area contributed by atoms with Gasteiger partial charge in [-0.3, -0.25) is 0 Å². The maximum Gasteiger partial charge on any atom is 0.133 e. The van der Waals surface area contributed by atoms with E-state index >= 15 is 0 Å². The molecule has 0 radical (unpaired) electrons. The van der Waals surface area contributed by atoms with Gasteiger partial charge in [0.1, 0.15) is 11.6 Å². The van der Waals surface area contributed by atoms with E-state index in [-0.39, 0.29) is 5.56 Å². The summed E-state index contributed by atoms with van der Waals surface area (Å²) in [5, 5.41) is 7.36. The molecule has 1 N–H and O–H groups in total. The summed E-state index contributed by atoms with van der Waals surface area (Å²) in [7, 11) is 0. The highest BCUT2D eigenvalue weighted by atomic mass is 32.1. The zero-order chi connectivity index (χ0) is 21.2. The molecule has 3 aromatic carbocycles. The molecule has 150 valence electrons. The van der Waals surface area contributed by atoms with E-state index in [0.29, 0.717) is 11.5 Å². The summed E-state index contributed by atoms with van der Waals surface area (Å²) in [5.41, 5.74) is 3.68. The molecule has 3 aromatic rings. The van der Waals surface area contributed by atoms with Crippen molar-refractivity contribution < 1.29 is 8.78 Å². The summed E-state index contributed by atoms with van der Waals surface area (Å²) >= 11 is 3.81. The minimum absolute atomic E-state index is 0.0412. The third-order valence-electron chi connectivity index (χ3n) is 4.77. The van der Waals surface area contributed by atoms with Crippen LogP contribution in [0.5, 0.6) is 0 Å². The molecule has 4 heteroatoms. The second kappa shape index (κ2) is 11.4. The Bertz CT molecular complexity index is 944. The third kappa shape index (κ3) is 6.15. The topological polar surface area (TPSA) is 23.9 Å². The molecule has 0 saturated heterocycles. The van der Waals surface area contributed by atoms with Crippen LogP contribution in [0.4, 0.5) is 8.78 Å². The fraction of sp³-hybridized carbons (Fsp3) is 0.240. The fourth-order valence-corrected chi connectivity index (χ4v) is 3.55. The lowest BCUT2D eigenvalue weighted by Gasteiger charge is -2.16. The number of thiocarbonyl (C=S) groups is 1. The monoisotopic (exact) mass is 409 g/mol. The first-order valence-electron chi connectivity index (χ1n) is 9.68. The normalized spacial score (nSPS) is 11.2. The Morgan fingerprint density at radius 2 is 1.55 bits per heavy atom. The highest BCUT2D eigenvalue weighted by Crippen LogP contribution is 2.36. The quantitative estimate of drug-likeness (QED) is 0.324. The Morgan fingerprint density at radius 1 is 0.931 bits per heavy atom. The molecule has 0 saturated carbocycles. The first-order chi connectivity index (χ1) is 14.0. The summed E-state index contributed by atoms with van der Waals surface area (Å²) < 4.78 is 28.8. The van der Waals surface area contributed by atoms with Crippen LogP contribution in [0.3, 0.4) is 0 Å². The van der Waals surface area contributed by atoms with Crippen LogP contribution >= 0.6 is 12.2 Å². The van der Waals surface area contributed by atoms with Crippen LogP contribution in [-0.4, -0.2) is 5.16 Å². The highest BCUT2D eigenvalue weighted by Gasteiger charge is 2.16. The van der Waals surface area contributed by atoms with Gasteiger partial charge in [-0.1, -0.05) is 81.3 Å². The van der Waals surface area contributed by atoms with Gasteiger partial charge in [-0.15, -0.1) is 0 Å². The maximum absolute atomic E-state index is 14.4. The van der Waals surface area contributed by atoms with Crippen LogP contribution < -0.4 is 0 Å². The van der Waals surface area contributed by atoms with E-state index in [1.165, 1.54) is 30.2 Å². The molecule has 0 fully saturated rings. The number of hydrogen-bond acceptors (Lipinski definition) is 2. The molecule has 0 aliphatic carbocycles. The van der Waals surface area contributed by atoms with Crippen molar-refractivity contribution in [1.82, 2.24) is 0 Å². The van der Waals surface area contributed by atoms with Crippen LogP contribution in [0.1, 0.15) is 32.3 Å². The number of hydrogen-bond donors (Lipinski definition) is 1. The lowest BCUT2D eigenvalue weighted by Crippen LogP contribution is -2.00. The van der Waals surface area contributed by atoms with E-state index in [0.717, 1.165) is 24.0 Å². The molecule has 0 aromatic heterocycles. The fourth-order valence-electron chi connectivity index (χ4n) is 3.55. The Hall–Kier alpha value is -2.68. The van der Waals surface area contributed by atoms with Gasteiger partial charge in [0.2, 0.25) is 0 Å². The number of halogens is 2. The largest absolute Gasteiger partial charge is 0.248 e. The van der Waals surface area contributed by atoms with Crippen LogP contribution in [0, 0.1) is 23.0 Å². The Labute approximate surface area is 176 Å². The molecule has 1 nitrogen and oxygen atoms in total. The van der Waals surface area contributed by atoms with Crippen molar-refractivity contribution in [3.05, 3.63) is 83.9 Å². The van der Waals surface area contributed by atoms with Crippen molar-refractivity contribution in [1.29, 1.82) is 5.41 Å². The second-order valence-corrected chi connectivity index (χ2v) is 7.25. The SMILES string of the molecule is CCC[C@@H](C)Cc1ccc(-c2c(F)cccc2F)c(-c2ccccc2)c1.N=C=S. The number of nitrogens with one attached hydrogen (secondary N) is 1. The Morgan fingerprint density at radius 3 is 2.14 bits per heavy atom. The molecule has 29 heavy (non-hydrogen) atoms. The molecule has 1 atom stereocenters. The molecule has 0 bridgehead atoms. The van der Waals surface area contributed by atoms with Crippen molar-refractivity contribution in [3.8, 4) is 22.3 Å². The van der Waals surface area contributed by atoms with Crippen LogP contribution in [0.25, 0.3) is 22.3 Å². The van der Waals surface area contributed by atoms with Crippen molar-refractivity contribution in [2.24, 2.45) is 5.92 Å². The van der Waals surface area contributed by atoms with Gasteiger partial charge >= 0.3 is 0 Å². The second-order valence-electron chi connectivity index (χ2n) is 7.04. The summed E-state index contributed by atoms with van der Waals surface area (Å²) in [6.45, 7) is 4.44. The summed E-state index contributed by atoms with van der Waals surface area (Å²) in [4.78, 5) is 0. The Kier molecular flexibility index (Phi) is 8.85. The number of benzene rings is 3. The van der Waals surface area contributed by atoms with Crippen molar-refractivity contribution in [2.75, 3.05) is 0 Å². The van der Waals surface area contributed by atoms with Crippen molar-refractivity contribution in [3.63, 3.8) is 0 Å². The maximum atomic E-state index is 14.4. The van der Waals surface area contributed by atoms with Crippen molar-refractivity contribution >= 4 is 17.4 Å². The minimum Gasteiger partial charge on any atom is -0.248 e. The predicted octanol–water partition coefficient (Wildman–Crippen LogP) is 7.95. The molecule has 0 amide bonds. The first-order valence-corrected chi connectivity index (χ1v) is 10.1. The van der Waals surface area contributed by atoms with Gasteiger partial charge in [0, 0.05) is 0 Å². The van der Waals surface area contributed by atoms with Crippen LogP contribution in [0.15, 0.2) is 66.7 Å². The number of rotatable bonds is 6. The number of isothiocyanates is 1. The standard InChI is InChI=1S/C24H24F2.CHNS/c1-3-8-17(2)15-18-13-14-20(24-22(25)11-7-12-23(24)26)21(16-18)19-9-5-4-6-10-19;2-1-3/h4-7,9-14,16-17H,3,8,15H2,1-2H3;2H/t17-;/m1./s1. The lowest BCUT2D eigenvalue weighted by molar-refractivity contribution is 0.522. The van der Waals surface area contributed by atoms with Gasteiger partial charge in [-0.05, 0) is 58.9 Å². The van der Waals surface area contributed by atoms with E-state index in [4.69, 9.17) is 5.41 Å². The van der Waals surface area contributed by atoms with Crippen LogP contribution in [0.2, 0.25) is 0 Å². The van der Waals surface area contributed by atoms with E-state index in [1.54, 1.807) is 5.16 Å². The molecular formula is C25H25F2NS. The molecule has 0 unspecified atom stereocenters. The zero-order valence-corrected chi connectivity index (χ0v) is 17.5. The van der Waals surface area contributed by atoms with Gasteiger partial charge < -0.3 is 0 Å². The summed E-state index contributed by atoms with van der Waals surface area (Å²) in [6, 6.07) is 19.8. The average Bonchev–Trinajstić information content (AvgIpc) is 2.70. The smallest absolute Gasteiger partial charge is 0.133 e. The Balaban J connectivity index is 0.000000941. The first kappa shape index (κ1) is 22.6. The van der Waals surface area contributed by atoms with Gasteiger partial charge in [0.25, 0.3) is 0 Å². The highest BCUT2D eigenvalue weighted by molar-refractivity contribution is 7.78. The zero-order valence-electron chi connectivity index (χ0n) is 16.7. The molecule has 0 aliphatic rings. The predicted molar refractivity (Wildman–Crippen MR) is 120 cm³/mol. The van der Waals surface area contributed by atoms with Crippen LogP contribution in [-0.2, 0) is 6.42 Å². The van der Waals surface area contributed by atoms with E-state index in [2.05, 4.69) is 32.1 Å². The minimum atomic E-state index is -0.533. The molecule has 0 spiro atoms. The van der Waals surface area contributed by atoms with Crippen molar-refractivity contribution in [2.45, 2.75) is 33.1 Å². The molecule has 0 heterocycles. The molecule has 0 aliphatic heterocycles. The molecule has 3 rings (SSSR count). The van der Waals surface area contributed by atoms with Gasteiger partial charge in [-0.25, -0.2) is 14.2 Å². The average molecular weight is 410 g/mol. The third-order valence-corrected chi connectivity index (χ3v) is 4.77. The summed E-state index contributed by atoms with van der Waals surface area (Å²) in [5.74, 6) is -0.483. The van der Waals surface area contributed by atoms with E-state index in [1.807, 2.05) is 42.5 Å². The molecular weight excluding hydrogens is 384 g/mol. The van der Waals surface area contributed by atoms with Gasteiger partial charge in [-0.2, -0.15) is 0 Å². The van der Waals surface area contributed by atoms with E-state index < -0.39 is 11.6 Å². The van der Waals surface area contributed by atoms with E-state index in [9.17, 15) is 8.78 Å². The van der Waals surface area contributed by atoms with Gasteiger partial charge in [0.15, 0.2) is 0 Å². The summed E-state index contributed by atoms with van der Waals surface area (Å²) in [6.07, 6.45) is 3.29.